The first-order valence-corrected chi connectivity index (χ1v) is 7.50. The molecule has 5 heteroatoms. The van der Waals surface area contributed by atoms with Crippen molar-refractivity contribution in [1.29, 1.82) is 0 Å². The van der Waals surface area contributed by atoms with Gasteiger partial charge in [-0.25, -0.2) is 0 Å². The maximum absolute atomic E-state index is 12.1. The number of hydrogen-bond acceptors (Lipinski definition) is 3. The molecule has 0 bridgehead atoms. The molecule has 1 aromatic carbocycles. The van der Waals surface area contributed by atoms with E-state index >= 15 is 0 Å². The lowest BCUT2D eigenvalue weighted by atomic mass is 10.2. The van der Waals surface area contributed by atoms with Crippen molar-refractivity contribution in [2.75, 3.05) is 26.2 Å². The summed E-state index contributed by atoms with van der Waals surface area (Å²) in [4.78, 5) is 25.9. The molecule has 1 fully saturated rings. The minimum absolute atomic E-state index is 0.117. The Morgan fingerprint density at radius 3 is 2.67 bits per heavy atom. The van der Waals surface area contributed by atoms with E-state index in [1.807, 2.05) is 17.9 Å². The maximum Gasteiger partial charge on any atom is 0.255 e. The van der Waals surface area contributed by atoms with Gasteiger partial charge in [0, 0.05) is 26.1 Å². The fourth-order valence-corrected chi connectivity index (χ4v) is 2.44. The zero-order valence-corrected chi connectivity index (χ0v) is 12.4. The number of carbonyl (C=O) groups excluding carboxylic acids is 2. The highest BCUT2D eigenvalue weighted by Gasteiger charge is 2.18. The second-order valence-electron chi connectivity index (χ2n) is 5.02. The summed E-state index contributed by atoms with van der Waals surface area (Å²) in [5.41, 5.74) is 0.507. The van der Waals surface area contributed by atoms with Gasteiger partial charge in [-0.05, 0) is 31.9 Å². The van der Waals surface area contributed by atoms with E-state index in [2.05, 4.69) is 5.32 Å². The summed E-state index contributed by atoms with van der Waals surface area (Å²) in [6.07, 6.45) is 2.52. The molecule has 0 saturated carbocycles. The van der Waals surface area contributed by atoms with E-state index in [9.17, 15) is 9.59 Å². The van der Waals surface area contributed by atoms with E-state index in [4.69, 9.17) is 4.74 Å². The first kappa shape index (κ1) is 15.4. The number of para-hydroxylation sites is 1. The quantitative estimate of drug-likeness (QED) is 0.869. The molecule has 1 aromatic rings. The molecular weight excluding hydrogens is 268 g/mol. The number of hydrogen-bond donors (Lipinski definition) is 1. The highest BCUT2D eigenvalue weighted by Crippen LogP contribution is 2.17. The lowest BCUT2D eigenvalue weighted by Crippen LogP contribution is -2.32. The molecule has 2 rings (SSSR count). The van der Waals surface area contributed by atoms with Crippen LogP contribution in [0.3, 0.4) is 0 Å². The van der Waals surface area contributed by atoms with Gasteiger partial charge in [0.05, 0.1) is 12.2 Å². The van der Waals surface area contributed by atoms with Crippen molar-refractivity contribution < 1.29 is 14.3 Å². The van der Waals surface area contributed by atoms with Gasteiger partial charge in [-0.1, -0.05) is 12.1 Å². The topological polar surface area (TPSA) is 58.6 Å². The van der Waals surface area contributed by atoms with Gasteiger partial charge in [-0.3, -0.25) is 9.59 Å². The van der Waals surface area contributed by atoms with Crippen LogP contribution in [0.1, 0.15) is 36.5 Å². The lowest BCUT2D eigenvalue weighted by molar-refractivity contribution is -0.129. The third-order valence-electron chi connectivity index (χ3n) is 3.51. The number of nitrogens with zero attached hydrogens (tertiary/aromatic N) is 1. The number of amides is 2. The summed E-state index contributed by atoms with van der Waals surface area (Å²) in [6.45, 7) is 4.44. The van der Waals surface area contributed by atoms with E-state index in [-0.39, 0.29) is 11.8 Å². The van der Waals surface area contributed by atoms with Crippen molar-refractivity contribution in [3.63, 3.8) is 0 Å². The molecule has 1 aliphatic rings. The second-order valence-corrected chi connectivity index (χ2v) is 5.02. The second kappa shape index (κ2) is 7.67. The number of likely N-dealkylation sites (tertiary alicyclic amines) is 1. The molecule has 0 radical (unpaired) electrons. The Morgan fingerprint density at radius 2 is 1.95 bits per heavy atom. The Kier molecular flexibility index (Phi) is 5.60. The molecule has 1 N–H and O–H groups in total. The summed E-state index contributed by atoms with van der Waals surface area (Å²) in [7, 11) is 0. The number of nitrogens with one attached hydrogen (secondary N) is 1. The minimum atomic E-state index is -0.201. The van der Waals surface area contributed by atoms with Crippen molar-refractivity contribution in [2.45, 2.75) is 26.2 Å². The summed E-state index contributed by atoms with van der Waals surface area (Å²) < 4.78 is 5.43. The monoisotopic (exact) mass is 290 g/mol. The Hall–Kier alpha value is -2.04. The lowest BCUT2D eigenvalue weighted by Gasteiger charge is -2.15. The van der Waals surface area contributed by atoms with E-state index in [1.54, 1.807) is 18.2 Å². The molecule has 1 aliphatic heterocycles. The third-order valence-corrected chi connectivity index (χ3v) is 3.51. The fourth-order valence-electron chi connectivity index (χ4n) is 2.44. The smallest absolute Gasteiger partial charge is 0.255 e. The van der Waals surface area contributed by atoms with Crippen molar-refractivity contribution in [3.05, 3.63) is 29.8 Å². The molecule has 0 unspecified atom stereocenters. The van der Waals surface area contributed by atoms with Gasteiger partial charge in [0.25, 0.3) is 5.91 Å². The van der Waals surface area contributed by atoms with E-state index in [0.717, 1.165) is 25.9 Å². The first-order chi connectivity index (χ1) is 10.2. The highest BCUT2D eigenvalue weighted by molar-refractivity contribution is 5.97. The van der Waals surface area contributed by atoms with Crippen LogP contribution in [0.4, 0.5) is 0 Å². The van der Waals surface area contributed by atoms with Crippen LogP contribution in [0, 0.1) is 0 Å². The number of ether oxygens (including phenoxy) is 1. The predicted octanol–water partition coefficient (Wildman–Crippen LogP) is 1.83. The fraction of sp³-hybridized carbons (Fsp3) is 0.500. The maximum atomic E-state index is 12.1. The Labute approximate surface area is 125 Å². The summed E-state index contributed by atoms with van der Waals surface area (Å²) >= 11 is 0. The Morgan fingerprint density at radius 1 is 1.24 bits per heavy atom. The van der Waals surface area contributed by atoms with Crippen molar-refractivity contribution in [2.24, 2.45) is 0 Å². The van der Waals surface area contributed by atoms with Gasteiger partial charge < -0.3 is 15.0 Å². The van der Waals surface area contributed by atoms with E-state index < -0.39 is 0 Å². The number of benzene rings is 1. The van der Waals surface area contributed by atoms with Crippen molar-refractivity contribution >= 4 is 11.8 Å². The summed E-state index contributed by atoms with van der Waals surface area (Å²) in [5.74, 6) is 0.488. The predicted molar refractivity (Wildman–Crippen MR) is 80.4 cm³/mol. The molecule has 21 heavy (non-hydrogen) atoms. The first-order valence-electron chi connectivity index (χ1n) is 7.50. The van der Waals surface area contributed by atoms with Crippen LogP contribution in [0.15, 0.2) is 24.3 Å². The molecule has 2 amide bonds. The van der Waals surface area contributed by atoms with Gasteiger partial charge >= 0.3 is 0 Å². The van der Waals surface area contributed by atoms with Gasteiger partial charge in [0.2, 0.25) is 5.91 Å². The van der Waals surface area contributed by atoms with Crippen molar-refractivity contribution in [1.82, 2.24) is 10.2 Å². The Bertz CT molecular complexity index is 496. The van der Waals surface area contributed by atoms with Crippen LogP contribution in [-0.4, -0.2) is 43.0 Å². The largest absolute Gasteiger partial charge is 0.493 e. The molecule has 1 saturated heterocycles. The van der Waals surface area contributed by atoms with Crippen LogP contribution in [0.2, 0.25) is 0 Å². The van der Waals surface area contributed by atoms with Crippen LogP contribution in [-0.2, 0) is 4.79 Å². The van der Waals surface area contributed by atoms with E-state index in [1.165, 1.54) is 0 Å². The molecule has 0 aliphatic carbocycles. The average molecular weight is 290 g/mol. The van der Waals surface area contributed by atoms with Gasteiger partial charge in [0.15, 0.2) is 0 Å². The standard InChI is InChI=1S/C16H22N2O3/c1-2-21-14-8-4-3-7-13(14)16(20)17-10-9-15(19)18-11-5-6-12-18/h3-4,7-8H,2,5-6,9-12H2,1H3,(H,17,20). The molecule has 0 spiro atoms. The molecule has 5 nitrogen and oxygen atoms in total. The number of rotatable bonds is 6. The highest BCUT2D eigenvalue weighted by atomic mass is 16.5. The van der Waals surface area contributed by atoms with Crippen LogP contribution >= 0.6 is 0 Å². The molecule has 1 heterocycles. The SMILES string of the molecule is CCOc1ccccc1C(=O)NCCC(=O)N1CCCC1. The van der Waals surface area contributed by atoms with Gasteiger partial charge in [0.1, 0.15) is 5.75 Å². The average Bonchev–Trinajstić information content (AvgIpc) is 3.02. The zero-order valence-electron chi connectivity index (χ0n) is 12.4. The molecule has 0 atom stereocenters. The third kappa shape index (κ3) is 4.21. The zero-order chi connectivity index (χ0) is 15.1. The molecule has 0 aromatic heterocycles. The molecule has 114 valence electrons. The van der Waals surface area contributed by atoms with Crippen LogP contribution in [0.25, 0.3) is 0 Å². The van der Waals surface area contributed by atoms with Crippen LogP contribution in [0.5, 0.6) is 5.75 Å². The molecular formula is C16H22N2O3. The minimum Gasteiger partial charge on any atom is -0.493 e. The number of carbonyl (C=O) groups is 2. The van der Waals surface area contributed by atoms with Gasteiger partial charge in [-0.2, -0.15) is 0 Å². The summed E-state index contributed by atoms with van der Waals surface area (Å²) in [5, 5.41) is 2.79. The Balaban J connectivity index is 1.83. The van der Waals surface area contributed by atoms with E-state index in [0.29, 0.717) is 30.9 Å². The van der Waals surface area contributed by atoms with Crippen molar-refractivity contribution in [3.8, 4) is 5.75 Å². The van der Waals surface area contributed by atoms with Gasteiger partial charge in [-0.15, -0.1) is 0 Å². The summed E-state index contributed by atoms with van der Waals surface area (Å²) in [6, 6.07) is 7.13. The normalized spacial score (nSPS) is 14.0. The van der Waals surface area contributed by atoms with Crippen LogP contribution < -0.4 is 10.1 Å².